The van der Waals surface area contributed by atoms with Crippen molar-refractivity contribution < 1.29 is 4.42 Å². The van der Waals surface area contributed by atoms with Gasteiger partial charge in [0.15, 0.2) is 0 Å². The number of hydrogen-bond donors (Lipinski definition) is 0. The number of nitrogens with zero attached hydrogens (tertiary/aromatic N) is 1. The first-order valence-electron chi connectivity index (χ1n) is 20.5. The van der Waals surface area contributed by atoms with E-state index in [9.17, 15) is 0 Å². The topological polar surface area (TPSA) is 16.4 Å². The molecule has 0 bridgehead atoms. The maximum absolute atomic E-state index is 6.60. The van der Waals surface area contributed by atoms with Gasteiger partial charge in [-0.3, -0.25) is 0 Å². The highest BCUT2D eigenvalue weighted by Crippen LogP contribution is 2.58. The molecule has 59 heavy (non-hydrogen) atoms. The number of furan rings is 1. The fourth-order valence-electron chi connectivity index (χ4n) is 9.62. The molecule has 0 amide bonds. The lowest BCUT2D eigenvalue weighted by Crippen LogP contribution is -2.28. The Morgan fingerprint density at radius 2 is 1.07 bits per heavy atom. The minimum absolute atomic E-state index is 0.409. The summed E-state index contributed by atoms with van der Waals surface area (Å²) in [5.41, 5.74) is 17.8. The molecule has 2 heteroatoms. The zero-order chi connectivity index (χ0) is 39.2. The standard InChI is InChI=1S/C57H41NO/c1-5-16-43(17-6-1)57(44-18-7-2-8-19-44)52-26-14-13-24-51(52)56-48(25-15-27-53(56)57)42-33-30-40(31-34-42)28-29-41-32-36-49-50-37-35-47(39-55(50)59-54(49)38-41)58(45-20-9-3-10-21-45)46-22-11-4-12-23-46/h1-31,33-35,37-39H,32,36H2/b29-28+. The van der Waals surface area contributed by atoms with Gasteiger partial charge < -0.3 is 9.32 Å². The van der Waals surface area contributed by atoms with Crippen molar-refractivity contribution in [1.29, 1.82) is 0 Å². The lowest BCUT2D eigenvalue weighted by Gasteiger charge is -2.34. The molecule has 0 N–H and O–H groups in total. The van der Waals surface area contributed by atoms with Gasteiger partial charge in [-0.05, 0) is 111 Å². The van der Waals surface area contributed by atoms with E-state index in [0.29, 0.717) is 0 Å². The summed E-state index contributed by atoms with van der Waals surface area (Å²) in [6.07, 6.45) is 8.64. The van der Waals surface area contributed by atoms with Crippen LogP contribution in [0.15, 0.2) is 222 Å². The Morgan fingerprint density at radius 3 is 1.75 bits per heavy atom. The fraction of sp³-hybridized carbons (Fsp3) is 0.0526. The Morgan fingerprint density at radius 1 is 0.475 bits per heavy atom. The molecule has 0 spiro atoms. The highest BCUT2D eigenvalue weighted by molar-refractivity contribution is 5.96. The van der Waals surface area contributed by atoms with Crippen LogP contribution in [0.1, 0.15) is 45.6 Å². The molecule has 0 saturated carbocycles. The number of anilines is 3. The predicted molar refractivity (Wildman–Crippen MR) is 245 cm³/mol. The van der Waals surface area contributed by atoms with Crippen molar-refractivity contribution in [2.75, 3.05) is 4.90 Å². The summed E-state index contributed by atoms with van der Waals surface area (Å²) in [5, 5.41) is 1.19. The van der Waals surface area contributed by atoms with Crippen LogP contribution in [0.4, 0.5) is 17.1 Å². The molecule has 0 atom stereocenters. The lowest BCUT2D eigenvalue weighted by molar-refractivity contribution is 0.594. The van der Waals surface area contributed by atoms with Gasteiger partial charge in [-0.25, -0.2) is 0 Å². The first-order valence-corrected chi connectivity index (χ1v) is 20.5. The molecule has 9 aromatic rings. The van der Waals surface area contributed by atoms with Crippen molar-refractivity contribution in [2.24, 2.45) is 0 Å². The molecule has 8 aromatic carbocycles. The van der Waals surface area contributed by atoms with Crippen molar-refractivity contribution in [1.82, 2.24) is 0 Å². The Bertz CT molecular complexity index is 2930. The quantitative estimate of drug-likeness (QED) is 0.154. The molecule has 280 valence electrons. The van der Waals surface area contributed by atoms with Gasteiger partial charge in [0.1, 0.15) is 11.3 Å². The van der Waals surface area contributed by atoms with Crippen molar-refractivity contribution in [3.8, 4) is 22.3 Å². The SMILES string of the molecule is C1=C(/C=C/c2ccc(-c3cccc4c3-c3ccccc3C4(c3ccccc3)c3ccccc3)cc2)CCc2c1oc1cc(N(c3ccccc3)c3ccccc3)ccc21. The van der Waals surface area contributed by atoms with E-state index in [1.54, 1.807) is 0 Å². The second-order valence-electron chi connectivity index (χ2n) is 15.6. The first kappa shape index (κ1) is 34.8. The number of allylic oxidation sites excluding steroid dienone is 2. The van der Waals surface area contributed by atoms with Gasteiger partial charge in [0.05, 0.1) is 5.41 Å². The molecule has 0 fully saturated rings. The molecular formula is C57H41NO. The molecule has 11 rings (SSSR count). The van der Waals surface area contributed by atoms with Crippen LogP contribution in [0.3, 0.4) is 0 Å². The van der Waals surface area contributed by atoms with E-state index >= 15 is 0 Å². The molecule has 2 nitrogen and oxygen atoms in total. The lowest BCUT2D eigenvalue weighted by atomic mass is 9.67. The third-order valence-electron chi connectivity index (χ3n) is 12.3. The van der Waals surface area contributed by atoms with Crippen LogP contribution in [0.2, 0.25) is 0 Å². The van der Waals surface area contributed by atoms with E-state index in [0.717, 1.165) is 41.2 Å². The molecule has 0 saturated heterocycles. The molecule has 0 aliphatic heterocycles. The zero-order valence-electron chi connectivity index (χ0n) is 32.6. The van der Waals surface area contributed by atoms with E-state index in [2.05, 4.69) is 229 Å². The second-order valence-corrected chi connectivity index (χ2v) is 15.6. The van der Waals surface area contributed by atoms with Gasteiger partial charge >= 0.3 is 0 Å². The first-order chi connectivity index (χ1) is 29.3. The van der Waals surface area contributed by atoms with Crippen molar-refractivity contribution in [3.05, 3.63) is 257 Å². The number of aryl methyl sites for hydroxylation is 1. The van der Waals surface area contributed by atoms with Crippen LogP contribution in [0, 0.1) is 0 Å². The summed E-state index contributed by atoms with van der Waals surface area (Å²) in [4.78, 5) is 2.28. The molecule has 1 aromatic heterocycles. The van der Waals surface area contributed by atoms with Crippen molar-refractivity contribution in [2.45, 2.75) is 18.3 Å². The van der Waals surface area contributed by atoms with E-state index < -0.39 is 5.41 Å². The fourth-order valence-corrected chi connectivity index (χ4v) is 9.62. The minimum Gasteiger partial charge on any atom is -0.456 e. The summed E-state index contributed by atoms with van der Waals surface area (Å²) in [5.74, 6) is 0.963. The molecule has 1 heterocycles. The van der Waals surface area contributed by atoms with Crippen LogP contribution in [-0.2, 0) is 11.8 Å². The predicted octanol–water partition coefficient (Wildman–Crippen LogP) is 15.0. The number of para-hydroxylation sites is 2. The summed E-state index contributed by atoms with van der Waals surface area (Å²) in [6.45, 7) is 0. The van der Waals surface area contributed by atoms with Crippen LogP contribution >= 0.6 is 0 Å². The Balaban J connectivity index is 0.904. The summed E-state index contributed by atoms with van der Waals surface area (Å²) < 4.78 is 6.60. The number of rotatable bonds is 8. The Kier molecular flexibility index (Phi) is 8.56. The largest absolute Gasteiger partial charge is 0.456 e. The second kappa shape index (κ2) is 14.5. The number of hydrogen-bond acceptors (Lipinski definition) is 2. The Hall–Kier alpha value is -7.42. The highest BCUT2D eigenvalue weighted by Gasteiger charge is 2.46. The van der Waals surface area contributed by atoms with Crippen LogP contribution in [-0.4, -0.2) is 0 Å². The normalized spacial score (nSPS) is 13.8. The third kappa shape index (κ3) is 5.87. The maximum Gasteiger partial charge on any atom is 0.137 e. The van der Waals surface area contributed by atoms with E-state index in [1.165, 1.54) is 66.6 Å². The van der Waals surface area contributed by atoms with Crippen LogP contribution in [0.5, 0.6) is 0 Å². The summed E-state index contributed by atoms with van der Waals surface area (Å²) in [6, 6.07) is 74.6. The maximum atomic E-state index is 6.60. The molecule has 0 unspecified atom stereocenters. The van der Waals surface area contributed by atoms with Gasteiger partial charge in [0.25, 0.3) is 0 Å². The van der Waals surface area contributed by atoms with E-state index in [4.69, 9.17) is 4.42 Å². The molecule has 2 aliphatic carbocycles. The van der Waals surface area contributed by atoms with Crippen molar-refractivity contribution in [3.63, 3.8) is 0 Å². The molecule has 0 radical (unpaired) electrons. The average Bonchev–Trinajstić information content (AvgIpc) is 3.83. The van der Waals surface area contributed by atoms with Crippen molar-refractivity contribution >= 4 is 40.2 Å². The third-order valence-corrected chi connectivity index (χ3v) is 12.3. The monoisotopic (exact) mass is 755 g/mol. The highest BCUT2D eigenvalue weighted by atomic mass is 16.3. The van der Waals surface area contributed by atoms with Gasteiger partial charge in [0, 0.05) is 34.1 Å². The minimum atomic E-state index is -0.409. The smallest absolute Gasteiger partial charge is 0.137 e. The van der Waals surface area contributed by atoms with E-state index in [-0.39, 0.29) is 0 Å². The number of fused-ring (bicyclic) bond motifs is 6. The van der Waals surface area contributed by atoms with Crippen LogP contribution in [0.25, 0.3) is 45.4 Å². The molecule has 2 aliphatic rings. The summed E-state index contributed by atoms with van der Waals surface area (Å²) >= 11 is 0. The molecular weight excluding hydrogens is 715 g/mol. The Labute approximate surface area is 345 Å². The van der Waals surface area contributed by atoms with Gasteiger partial charge in [0.2, 0.25) is 0 Å². The van der Waals surface area contributed by atoms with Crippen LogP contribution < -0.4 is 4.90 Å². The number of benzene rings is 8. The average molecular weight is 756 g/mol. The zero-order valence-corrected chi connectivity index (χ0v) is 32.6. The van der Waals surface area contributed by atoms with Gasteiger partial charge in [-0.1, -0.05) is 176 Å². The van der Waals surface area contributed by atoms with Gasteiger partial charge in [-0.2, -0.15) is 0 Å². The summed E-state index contributed by atoms with van der Waals surface area (Å²) in [7, 11) is 0. The van der Waals surface area contributed by atoms with Gasteiger partial charge in [-0.15, -0.1) is 0 Å². The van der Waals surface area contributed by atoms with E-state index in [1.807, 2.05) is 0 Å².